The van der Waals surface area contributed by atoms with E-state index >= 15 is 0 Å². The Morgan fingerprint density at radius 1 is 1.73 bits per heavy atom. The normalized spacial score (nSPS) is 9.64. The molecule has 1 aromatic rings. The number of halogens is 1. The highest BCUT2D eigenvalue weighted by Crippen LogP contribution is 2.08. The van der Waals surface area contributed by atoms with Crippen molar-refractivity contribution in [1.29, 1.82) is 0 Å². The van der Waals surface area contributed by atoms with Gasteiger partial charge in [0.2, 0.25) is 12.2 Å². The van der Waals surface area contributed by atoms with Gasteiger partial charge >= 0.3 is 0 Å². The largest absolute Gasteiger partial charge is 0.285 e. The molecule has 0 bridgehead atoms. The van der Waals surface area contributed by atoms with Crippen LogP contribution < -0.4 is 0 Å². The molecule has 0 aromatic carbocycles. The van der Waals surface area contributed by atoms with Gasteiger partial charge in [-0.15, -0.1) is 0 Å². The Morgan fingerprint density at radius 2 is 2.45 bits per heavy atom. The molecule has 0 amide bonds. The average Bonchev–Trinajstić information content (AvgIpc) is 2.04. The van der Waals surface area contributed by atoms with Crippen LogP contribution in [0.3, 0.4) is 0 Å². The number of nitrogens with zero attached hydrogens (tertiary/aromatic N) is 2. The quantitative estimate of drug-likeness (QED) is 0.375. The molecule has 0 aliphatic heterocycles. The Morgan fingerprint density at radius 3 is 2.91 bits per heavy atom. The summed E-state index contributed by atoms with van der Waals surface area (Å²) in [6.07, 6.45) is 4.22. The van der Waals surface area contributed by atoms with E-state index in [0.29, 0.717) is 5.16 Å². The molecule has 0 aliphatic rings. The first-order chi connectivity index (χ1) is 5.27. The molecular weight excluding hydrogens is 167 g/mol. The van der Waals surface area contributed by atoms with Crippen molar-refractivity contribution in [3.05, 3.63) is 17.7 Å². The summed E-state index contributed by atoms with van der Waals surface area (Å²) in [6, 6.07) is 0. The Labute approximate surface area is 67.1 Å². The van der Waals surface area contributed by atoms with E-state index in [2.05, 4.69) is 9.97 Å². The standard InChI is InChI=1S/C6H4FN2OS/c1-11-6-8-2-4(3-10)5(7)9-6/h2H,1H3. The van der Waals surface area contributed by atoms with Gasteiger partial charge < -0.3 is 0 Å². The van der Waals surface area contributed by atoms with Gasteiger partial charge in [0, 0.05) is 6.20 Å². The fraction of sp³-hybridized carbons (Fsp3) is 0.167. The number of rotatable bonds is 2. The summed E-state index contributed by atoms with van der Waals surface area (Å²) < 4.78 is 12.6. The van der Waals surface area contributed by atoms with Crippen LogP contribution in [0, 0.1) is 5.95 Å². The number of hydrogen-bond donors (Lipinski definition) is 0. The molecule has 0 saturated carbocycles. The third kappa shape index (κ3) is 1.74. The zero-order valence-electron chi connectivity index (χ0n) is 5.67. The van der Waals surface area contributed by atoms with Crippen molar-refractivity contribution >= 4 is 18.0 Å². The summed E-state index contributed by atoms with van der Waals surface area (Å²) in [7, 11) is 0. The topological polar surface area (TPSA) is 42.9 Å². The summed E-state index contributed by atoms with van der Waals surface area (Å²) in [4.78, 5) is 17.0. The minimum atomic E-state index is -0.820. The third-order valence-electron chi connectivity index (χ3n) is 1.01. The molecule has 1 radical (unpaired) electrons. The molecule has 1 aromatic heterocycles. The first-order valence-electron chi connectivity index (χ1n) is 2.72. The summed E-state index contributed by atoms with van der Waals surface area (Å²) in [5.74, 6) is -0.820. The maximum absolute atomic E-state index is 12.6. The monoisotopic (exact) mass is 171 g/mol. The molecule has 0 aliphatic carbocycles. The predicted molar refractivity (Wildman–Crippen MR) is 38.6 cm³/mol. The highest BCUT2D eigenvalue weighted by molar-refractivity contribution is 7.98. The molecule has 0 atom stereocenters. The summed E-state index contributed by atoms with van der Waals surface area (Å²) >= 11 is 1.21. The summed E-state index contributed by atoms with van der Waals surface area (Å²) in [6.45, 7) is 0. The van der Waals surface area contributed by atoms with Crippen LogP contribution in [0.2, 0.25) is 0 Å². The molecule has 3 nitrogen and oxygen atoms in total. The number of thioether (sulfide) groups is 1. The number of hydrogen-bond acceptors (Lipinski definition) is 4. The minimum absolute atomic E-state index is 0.234. The zero-order valence-corrected chi connectivity index (χ0v) is 6.48. The van der Waals surface area contributed by atoms with E-state index in [4.69, 9.17) is 0 Å². The molecule has 11 heavy (non-hydrogen) atoms. The molecule has 57 valence electrons. The lowest BCUT2D eigenvalue weighted by Gasteiger charge is -1.94. The lowest BCUT2D eigenvalue weighted by Crippen LogP contribution is -1.96. The Balaban J connectivity index is 3.09. The molecule has 0 fully saturated rings. The lowest BCUT2D eigenvalue weighted by atomic mass is 10.4. The van der Waals surface area contributed by atoms with Crippen molar-refractivity contribution in [2.24, 2.45) is 0 Å². The van der Waals surface area contributed by atoms with Crippen molar-refractivity contribution in [2.45, 2.75) is 5.16 Å². The van der Waals surface area contributed by atoms with Crippen LogP contribution in [-0.4, -0.2) is 22.5 Å². The minimum Gasteiger partial charge on any atom is -0.285 e. The first-order valence-corrected chi connectivity index (χ1v) is 3.95. The average molecular weight is 171 g/mol. The highest BCUT2D eigenvalue weighted by Gasteiger charge is 2.04. The van der Waals surface area contributed by atoms with Crippen LogP contribution in [0.1, 0.15) is 5.56 Å². The van der Waals surface area contributed by atoms with Gasteiger partial charge in [-0.2, -0.15) is 9.37 Å². The second-order valence-corrected chi connectivity index (χ2v) is 2.44. The van der Waals surface area contributed by atoms with Gasteiger partial charge in [-0.25, -0.2) is 4.98 Å². The van der Waals surface area contributed by atoms with Gasteiger partial charge in [-0.05, 0) is 6.26 Å². The van der Waals surface area contributed by atoms with Gasteiger partial charge in [-0.1, -0.05) is 11.8 Å². The van der Waals surface area contributed by atoms with E-state index in [1.54, 1.807) is 6.26 Å². The first kappa shape index (κ1) is 8.13. The summed E-state index contributed by atoms with van der Waals surface area (Å²) in [5.41, 5.74) is -0.234. The molecule has 0 N–H and O–H groups in total. The Bertz CT molecular complexity index is 279. The van der Waals surface area contributed by atoms with Crippen LogP contribution in [-0.2, 0) is 4.79 Å². The Kier molecular flexibility index (Phi) is 2.53. The van der Waals surface area contributed by atoms with Gasteiger partial charge in [-0.3, -0.25) is 4.79 Å². The molecule has 5 heteroatoms. The van der Waals surface area contributed by atoms with Gasteiger partial charge in [0.05, 0.1) is 5.56 Å². The van der Waals surface area contributed by atoms with Crippen LogP contribution in [0.5, 0.6) is 0 Å². The van der Waals surface area contributed by atoms with E-state index in [1.807, 2.05) is 0 Å². The molecule has 0 saturated heterocycles. The number of carbonyl (C=O) groups excluding carboxylic acids is 1. The number of aromatic nitrogens is 2. The van der Waals surface area contributed by atoms with Crippen LogP contribution in [0.15, 0.2) is 11.4 Å². The van der Waals surface area contributed by atoms with Crippen molar-refractivity contribution in [3.63, 3.8) is 0 Å². The SMILES string of the molecule is CSc1ncc([C]=O)c(F)n1. The van der Waals surface area contributed by atoms with Crippen LogP contribution in [0.25, 0.3) is 0 Å². The maximum atomic E-state index is 12.6. The molecule has 0 spiro atoms. The Hall–Kier alpha value is -0.970. The van der Waals surface area contributed by atoms with Gasteiger partial charge in [0.25, 0.3) is 0 Å². The lowest BCUT2D eigenvalue weighted by molar-refractivity contribution is 0.539. The highest BCUT2D eigenvalue weighted by atomic mass is 32.2. The van der Waals surface area contributed by atoms with Crippen molar-refractivity contribution in [3.8, 4) is 0 Å². The van der Waals surface area contributed by atoms with Crippen molar-refractivity contribution < 1.29 is 9.18 Å². The van der Waals surface area contributed by atoms with Crippen LogP contribution in [0.4, 0.5) is 4.39 Å². The van der Waals surface area contributed by atoms with Crippen molar-refractivity contribution in [1.82, 2.24) is 9.97 Å². The third-order valence-corrected chi connectivity index (χ3v) is 1.57. The molecular formula is C6H4FN2OS. The second-order valence-electron chi connectivity index (χ2n) is 1.66. The van der Waals surface area contributed by atoms with E-state index in [9.17, 15) is 9.18 Å². The predicted octanol–water partition coefficient (Wildman–Crippen LogP) is 0.795. The summed E-state index contributed by atoms with van der Waals surface area (Å²) in [5, 5.41) is 0.307. The van der Waals surface area contributed by atoms with E-state index in [0.717, 1.165) is 6.20 Å². The fourth-order valence-corrected chi connectivity index (χ4v) is 0.842. The van der Waals surface area contributed by atoms with Gasteiger partial charge in [0.1, 0.15) is 0 Å². The zero-order chi connectivity index (χ0) is 8.27. The fourth-order valence-electron chi connectivity index (χ4n) is 0.513. The van der Waals surface area contributed by atoms with E-state index in [1.165, 1.54) is 18.0 Å². The van der Waals surface area contributed by atoms with E-state index < -0.39 is 5.95 Å². The maximum Gasteiger partial charge on any atom is 0.239 e. The van der Waals surface area contributed by atoms with Gasteiger partial charge in [0.15, 0.2) is 5.16 Å². The van der Waals surface area contributed by atoms with Crippen molar-refractivity contribution in [2.75, 3.05) is 6.26 Å². The van der Waals surface area contributed by atoms with Crippen LogP contribution >= 0.6 is 11.8 Å². The molecule has 1 heterocycles. The second kappa shape index (κ2) is 3.43. The molecule has 1 rings (SSSR count). The smallest absolute Gasteiger partial charge is 0.239 e. The molecule has 0 unspecified atom stereocenters. The van der Waals surface area contributed by atoms with E-state index in [-0.39, 0.29) is 5.56 Å².